The number of carbonyl (C=O) groups excluding carboxylic acids is 2. The van der Waals surface area contributed by atoms with Gasteiger partial charge in [0.05, 0.1) is 11.9 Å². The van der Waals surface area contributed by atoms with Gasteiger partial charge >= 0.3 is 0 Å². The third-order valence-electron chi connectivity index (χ3n) is 5.09. The summed E-state index contributed by atoms with van der Waals surface area (Å²) in [6, 6.07) is 11.2. The Morgan fingerprint density at radius 1 is 1.07 bits per heavy atom. The molecule has 2 aromatic rings. The first-order chi connectivity index (χ1) is 13.0. The predicted molar refractivity (Wildman–Crippen MR) is 108 cm³/mol. The predicted octanol–water partition coefficient (Wildman–Crippen LogP) is 4.23. The van der Waals surface area contributed by atoms with Crippen LogP contribution in [-0.2, 0) is 4.79 Å². The minimum absolute atomic E-state index is 0.0158. The maximum atomic E-state index is 12.2. The average Bonchev–Trinajstić information content (AvgIpc) is 2.68. The molecule has 0 bridgehead atoms. The van der Waals surface area contributed by atoms with E-state index in [1.165, 1.54) is 12.8 Å². The number of ketones is 1. The molecule has 1 amide bonds. The molecule has 1 aromatic heterocycles. The SMILES string of the molecule is Cc1ccc(C(=O)CCC(=O)Nc2ccc(N3CCC(C)CC3)nc2)cc1. The first kappa shape index (κ1) is 19.1. The Hall–Kier alpha value is -2.69. The molecule has 0 atom stereocenters. The van der Waals surface area contributed by atoms with Crippen molar-refractivity contribution < 1.29 is 9.59 Å². The molecule has 1 aromatic carbocycles. The number of amides is 1. The lowest BCUT2D eigenvalue weighted by molar-refractivity contribution is -0.116. The molecule has 0 spiro atoms. The summed E-state index contributed by atoms with van der Waals surface area (Å²) in [5.41, 5.74) is 2.42. The average molecular weight is 365 g/mol. The molecule has 27 heavy (non-hydrogen) atoms. The third-order valence-corrected chi connectivity index (χ3v) is 5.09. The smallest absolute Gasteiger partial charge is 0.224 e. The lowest BCUT2D eigenvalue weighted by Crippen LogP contribution is -2.33. The molecule has 0 unspecified atom stereocenters. The Kier molecular flexibility index (Phi) is 6.22. The van der Waals surface area contributed by atoms with Crippen molar-refractivity contribution in [3.05, 3.63) is 53.7 Å². The first-order valence-corrected chi connectivity index (χ1v) is 9.62. The van der Waals surface area contributed by atoms with Crippen molar-refractivity contribution in [2.45, 2.75) is 39.5 Å². The van der Waals surface area contributed by atoms with Crippen LogP contribution in [-0.4, -0.2) is 29.8 Å². The fourth-order valence-electron chi connectivity index (χ4n) is 3.22. The van der Waals surface area contributed by atoms with Crippen LogP contribution in [0.2, 0.25) is 0 Å². The summed E-state index contributed by atoms with van der Waals surface area (Å²) in [6.45, 7) is 6.32. The zero-order chi connectivity index (χ0) is 19.2. The van der Waals surface area contributed by atoms with Gasteiger partial charge < -0.3 is 10.2 Å². The van der Waals surface area contributed by atoms with Crippen molar-refractivity contribution in [3.8, 4) is 0 Å². The molecule has 1 aliphatic rings. The summed E-state index contributed by atoms with van der Waals surface area (Å²) in [4.78, 5) is 31.0. The summed E-state index contributed by atoms with van der Waals surface area (Å²) >= 11 is 0. The molecule has 0 radical (unpaired) electrons. The summed E-state index contributed by atoms with van der Waals surface area (Å²) in [7, 11) is 0. The quantitative estimate of drug-likeness (QED) is 0.778. The third kappa shape index (κ3) is 5.39. The number of aromatic nitrogens is 1. The van der Waals surface area contributed by atoms with Gasteiger partial charge in [0.2, 0.25) is 5.91 Å². The van der Waals surface area contributed by atoms with Gasteiger partial charge in [-0.1, -0.05) is 36.8 Å². The molecule has 1 aliphatic heterocycles. The van der Waals surface area contributed by atoms with Crippen LogP contribution in [0.1, 0.15) is 48.5 Å². The second-order valence-electron chi connectivity index (χ2n) is 7.41. The summed E-state index contributed by atoms with van der Waals surface area (Å²) in [5, 5.41) is 2.82. The lowest BCUT2D eigenvalue weighted by Gasteiger charge is -2.31. The summed E-state index contributed by atoms with van der Waals surface area (Å²) < 4.78 is 0. The van der Waals surface area contributed by atoms with E-state index in [0.717, 1.165) is 30.4 Å². The number of benzene rings is 1. The van der Waals surface area contributed by atoms with Gasteiger partial charge in [0.15, 0.2) is 5.78 Å². The molecule has 1 N–H and O–H groups in total. The van der Waals surface area contributed by atoms with Gasteiger partial charge in [-0.05, 0) is 37.8 Å². The highest BCUT2D eigenvalue weighted by atomic mass is 16.2. The molecule has 3 rings (SSSR count). The van der Waals surface area contributed by atoms with Crippen LogP contribution >= 0.6 is 0 Å². The molecule has 142 valence electrons. The number of hydrogen-bond acceptors (Lipinski definition) is 4. The van der Waals surface area contributed by atoms with E-state index in [1.807, 2.05) is 31.2 Å². The number of piperidine rings is 1. The van der Waals surface area contributed by atoms with Gasteiger partial charge in [0, 0.05) is 31.5 Å². The summed E-state index contributed by atoms with van der Waals surface area (Å²) in [5.74, 6) is 1.55. The number of nitrogens with zero attached hydrogens (tertiary/aromatic N) is 2. The van der Waals surface area contributed by atoms with Crippen molar-refractivity contribution in [1.29, 1.82) is 0 Å². The fourth-order valence-corrected chi connectivity index (χ4v) is 3.22. The zero-order valence-electron chi connectivity index (χ0n) is 16.1. The second-order valence-corrected chi connectivity index (χ2v) is 7.41. The maximum absolute atomic E-state index is 12.2. The molecule has 0 aliphatic carbocycles. The number of nitrogens with one attached hydrogen (secondary N) is 1. The van der Waals surface area contributed by atoms with Crippen LogP contribution in [0.3, 0.4) is 0 Å². The molecule has 1 fully saturated rings. The van der Waals surface area contributed by atoms with Crippen LogP contribution in [0.5, 0.6) is 0 Å². The first-order valence-electron chi connectivity index (χ1n) is 9.62. The van der Waals surface area contributed by atoms with Crippen molar-refractivity contribution >= 4 is 23.2 Å². The van der Waals surface area contributed by atoms with Crippen LogP contribution in [0.4, 0.5) is 11.5 Å². The van der Waals surface area contributed by atoms with Crippen LogP contribution in [0, 0.1) is 12.8 Å². The van der Waals surface area contributed by atoms with Crippen molar-refractivity contribution in [3.63, 3.8) is 0 Å². The molecule has 0 saturated carbocycles. The number of Topliss-reactive ketones (excluding diaryl/α,β-unsaturated/α-hetero) is 1. The van der Waals surface area contributed by atoms with Crippen molar-refractivity contribution in [2.24, 2.45) is 5.92 Å². The van der Waals surface area contributed by atoms with Crippen LogP contribution in [0.15, 0.2) is 42.6 Å². The number of hydrogen-bond donors (Lipinski definition) is 1. The molecule has 2 heterocycles. The van der Waals surface area contributed by atoms with Gasteiger partial charge in [-0.2, -0.15) is 0 Å². The molecular formula is C22H27N3O2. The summed E-state index contributed by atoms with van der Waals surface area (Å²) in [6.07, 6.45) is 4.43. The van der Waals surface area contributed by atoms with Crippen LogP contribution in [0.25, 0.3) is 0 Å². The van der Waals surface area contributed by atoms with E-state index in [1.54, 1.807) is 18.3 Å². The van der Waals surface area contributed by atoms with E-state index >= 15 is 0 Å². The Balaban J connectivity index is 1.47. The Labute approximate surface area is 160 Å². The van der Waals surface area contributed by atoms with Crippen molar-refractivity contribution in [1.82, 2.24) is 4.98 Å². The number of rotatable bonds is 6. The van der Waals surface area contributed by atoms with E-state index in [0.29, 0.717) is 11.3 Å². The van der Waals surface area contributed by atoms with Gasteiger partial charge in [0.25, 0.3) is 0 Å². The minimum Gasteiger partial charge on any atom is -0.357 e. The highest BCUT2D eigenvalue weighted by Gasteiger charge is 2.17. The lowest BCUT2D eigenvalue weighted by atomic mass is 9.99. The van der Waals surface area contributed by atoms with E-state index < -0.39 is 0 Å². The van der Waals surface area contributed by atoms with E-state index in [2.05, 4.69) is 22.1 Å². The van der Waals surface area contributed by atoms with Gasteiger partial charge in [-0.15, -0.1) is 0 Å². The van der Waals surface area contributed by atoms with Crippen molar-refractivity contribution in [2.75, 3.05) is 23.3 Å². The number of anilines is 2. The molecule has 1 saturated heterocycles. The minimum atomic E-state index is -0.170. The molecule has 5 nitrogen and oxygen atoms in total. The van der Waals surface area contributed by atoms with E-state index in [9.17, 15) is 9.59 Å². The normalized spacial score (nSPS) is 14.8. The number of aryl methyl sites for hydroxylation is 1. The van der Waals surface area contributed by atoms with Gasteiger partial charge in [-0.3, -0.25) is 9.59 Å². The molecule has 5 heteroatoms. The van der Waals surface area contributed by atoms with Gasteiger partial charge in [0.1, 0.15) is 5.82 Å². The Morgan fingerprint density at radius 2 is 1.78 bits per heavy atom. The Morgan fingerprint density at radius 3 is 2.41 bits per heavy atom. The zero-order valence-corrected chi connectivity index (χ0v) is 16.1. The van der Waals surface area contributed by atoms with Gasteiger partial charge in [-0.25, -0.2) is 4.98 Å². The fraction of sp³-hybridized carbons (Fsp3) is 0.409. The monoisotopic (exact) mass is 365 g/mol. The van der Waals surface area contributed by atoms with E-state index in [4.69, 9.17) is 0 Å². The van der Waals surface area contributed by atoms with Crippen LogP contribution < -0.4 is 10.2 Å². The number of carbonyl (C=O) groups is 2. The number of pyridine rings is 1. The van der Waals surface area contributed by atoms with E-state index in [-0.39, 0.29) is 24.5 Å². The maximum Gasteiger partial charge on any atom is 0.224 e. The second kappa shape index (κ2) is 8.80. The highest BCUT2D eigenvalue weighted by Crippen LogP contribution is 2.22. The highest BCUT2D eigenvalue weighted by molar-refractivity contribution is 6.00. The Bertz CT molecular complexity index is 776. The topological polar surface area (TPSA) is 62.3 Å². The molecular weight excluding hydrogens is 338 g/mol. The largest absolute Gasteiger partial charge is 0.357 e. The standard InChI is InChI=1S/C22H27N3O2/c1-16-3-5-18(6-4-16)20(26)8-10-22(27)24-19-7-9-21(23-15-19)25-13-11-17(2)12-14-25/h3-7,9,15,17H,8,10-14H2,1-2H3,(H,24,27).